The van der Waals surface area contributed by atoms with Crippen LogP contribution in [0.2, 0.25) is 0 Å². The highest BCUT2D eigenvalue weighted by molar-refractivity contribution is 6.11. The molecule has 1 unspecified atom stereocenters. The number of amides is 3. The fraction of sp³-hybridized carbons (Fsp3) is 0.316. The van der Waals surface area contributed by atoms with Crippen LogP contribution in [0.15, 0.2) is 30.3 Å². The van der Waals surface area contributed by atoms with Crippen molar-refractivity contribution >= 4 is 17.7 Å². The van der Waals surface area contributed by atoms with E-state index in [0.29, 0.717) is 11.1 Å². The number of rotatable bonds is 4. The summed E-state index contributed by atoms with van der Waals surface area (Å²) in [5.74, 6) is -0.682. The summed E-state index contributed by atoms with van der Waals surface area (Å²) >= 11 is 0. The van der Waals surface area contributed by atoms with Crippen molar-refractivity contribution in [3.63, 3.8) is 0 Å². The lowest BCUT2D eigenvalue weighted by molar-refractivity contribution is -0.130. The average molecular weight is 339 g/mol. The molecule has 25 heavy (non-hydrogen) atoms. The van der Waals surface area contributed by atoms with Gasteiger partial charge in [-0.2, -0.15) is 0 Å². The minimum atomic E-state index is -1.16. The van der Waals surface area contributed by atoms with Crippen LogP contribution in [-0.4, -0.2) is 34.2 Å². The van der Waals surface area contributed by atoms with E-state index in [4.69, 9.17) is 0 Å². The van der Waals surface area contributed by atoms with Crippen molar-refractivity contribution in [1.29, 1.82) is 0 Å². The van der Waals surface area contributed by atoms with Crippen molar-refractivity contribution in [2.24, 2.45) is 0 Å². The van der Waals surface area contributed by atoms with Crippen LogP contribution in [0.1, 0.15) is 39.8 Å². The van der Waals surface area contributed by atoms with Gasteiger partial charge < -0.3 is 10.3 Å². The van der Waals surface area contributed by atoms with Crippen LogP contribution in [0.25, 0.3) is 0 Å². The highest BCUT2D eigenvalue weighted by Gasteiger charge is 2.49. The fourth-order valence-corrected chi connectivity index (χ4v) is 3.17. The number of ketones is 1. The van der Waals surface area contributed by atoms with E-state index in [-0.39, 0.29) is 12.3 Å². The molecule has 1 aliphatic rings. The molecule has 130 valence electrons. The third-order valence-corrected chi connectivity index (χ3v) is 4.66. The lowest BCUT2D eigenvalue weighted by Gasteiger charge is -2.22. The predicted octanol–water partition coefficient (Wildman–Crippen LogP) is 2.59. The Balaban J connectivity index is 1.85. The molecule has 3 amide bonds. The van der Waals surface area contributed by atoms with E-state index in [1.807, 2.05) is 38.1 Å². The second-order valence-electron chi connectivity index (χ2n) is 6.73. The molecule has 3 rings (SSSR count). The number of imide groups is 1. The number of aryl methyl sites for hydroxylation is 3. The van der Waals surface area contributed by atoms with Gasteiger partial charge in [0.2, 0.25) is 0 Å². The summed E-state index contributed by atoms with van der Waals surface area (Å²) in [7, 11) is 0. The molecule has 1 aromatic carbocycles. The van der Waals surface area contributed by atoms with E-state index in [1.54, 1.807) is 19.9 Å². The molecule has 0 radical (unpaired) electrons. The number of hydrogen-bond donors (Lipinski definition) is 2. The average Bonchev–Trinajstić information content (AvgIpc) is 3.00. The van der Waals surface area contributed by atoms with Crippen LogP contribution in [0.5, 0.6) is 0 Å². The highest BCUT2D eigenvalue weighted by Crippen LogP contribution is 2.29. The molecular formula is C19H21N3O3. The SMILES string of the molecule is Cc1ccc(C2(C)NC(=O)N(CC(=O)c3cc(C)[nH]c3C)C2=O)cc1. The first-order chi connectivity index (χ1) is 11.7. The Morgan fingerprint density at radius 3 is 2.32 bits per heavy atom. The molecule has 0 spiro atoms. The topological polar surface area (TPSA) is 82.3 Å². The minimum absolute atomic E-state index is 0.265. The van der Waals surface area contributed by atoms with Gasteiger partial charge in [0.25, 0.3) is 5.91 Å². The van der Waals surface area contributed by atoms with Gasteiger partial charge in [-0.05, 0) is 39.3 Å². The largest absolute Gasteiger partial charge is 0.362 e. The van der Waals surface area contributed by atoms with E-state index >= 15 is 0 Å². The molecule has 6 heteroatoms. The van der Waals surface area contributed by atoms with Crippen LogP contribution < -0.4 is 5.32 Å². The van der Waals surface area contributed by atoms with Crippen molar-refractivity contribution in [3.8, 4) is 0 Å². The maximum absolute atomic E-state index is 12.9. The van der Waals surface area contributed by atoms with Gasteiger partial charge in [-0.3, -0.25) is 14.5 Å². The molecule has 1 aromatic heterocycles. The van der Waals surface area contributed by atoms with Crippen molar-refractivity contribution in [2.75, 3.05) is 6.54 Å². The number of carbonyl (C=O) groups is 3. The van der Waals surface area contributed by atoms with Crippen molar-refractivity contribution in [3.05, 3.63) is 58.4 Å². The molecule has 1 fully saturated rings. The van der Waals surface area contributed by atoms with Gasteiger partial charge in [0.05, 0.1) is 6.54 Å². The number of nitrogens with one attached hydrogen (secondary N) is 2. The Kier molecular flexibility index (Phi) is 3.99. The standard InChI is InChI=1S/C19H21N3O3/c1-11-5-7-14(8-6-11)19(4)17(24)22(18(25)21-19)10-16(23)15-9-12(2)20-13(15)3/h5-9,20H,10H2,1-4H3,(H,21,25). The summed E-state index contributed by atoms with van der Waals surface area (Å²) in [4.78, 5) is 41.8. The Morgan fingerprint density at radius 2 is 1.76 bits per heavy atom. The fourth-order valence-electron chi connectivity index (χ4n) is 3.17. The first-order valence-electron chi connectivity index (χ1n) is 8.13. The molecule has 1 saturated heterocycles. The quantitative estimate of drug-likeness (QED) is 0.663. The van der Waals surface area contributed by atoms with Gasteiger partial charge in [-0.25, -0.2) is 4.79 Å². The molecule has 6 nitrogen and oxygen atoms in total. The Bertz CT molecular complexity index is 867. The normalized spacial score (nSPS) is 20.1. The molecule has 0 saturated carbocycles. The molecule has 2 N–H and O–H groups in total. The van der Waals surface area contributed by atoms with E-state index in [0.717, 1.165) is 21.9 Å². The summed E-state index contributed by atoms with van der Waals surface area (Å²) in [5, 5.41) is 2.72. The lowest BCUT2D eigenvalue weighted by atomic mass is 9.91. The van der Waals surface area contributed by atoms with Crippen LogP contribution >= 0.6 is 0 Å². The molecular weight excluding hydrogens is 318 g/mol. The third kappa shape index (κ3) is 2.84. The number of nitrogens with zero attached hydrogens (tertiary/aromatic N) is 1. The molecule has 1 atom stereocenters. The Labute approximate surface area is 146 Å². The minimum Gasteiger partial charge on any atom is -0.362 e. The maximum atomic E-state index is 12.9. The zero-order valence-electron chi connectivity index (χ0n) is 14.8. The number of benzene rings is 1. The number of urea groups is 1. The summed E-state index contributed by atoms with van der Waals surface area (Å²) in [6, 6.07) is 8.59. The van der Waals surface area contributed by atoms with Gasteiger partial charge in [-0.15, -0.1) is 0 Å². The molecule has 0 bridgehead atoms. The second kappa shape index (κ2) is 5.88. The van der Waals surface area contributed by atoms with Gasteiger partial charge in [0, 0.05) is 17.0 Å². The van der Waals surface area contributed by atoms with Gasteiger partial charge in [0.15, 0.2) is 5.78 Å². The van der Waals surface area contributed by atoms with Crippen molar-refractivity contribution in [1.82, 2.24) is 15.2 Å². The van der Waals surface area contributed by atoms with Crippen LogP contribution in [-0.2, 0) is 10.3 Å². The first kappa shape index (κ1) is 17.0. The summed E-state index contributed by atoms with van der Waals surface area (Å²) in [6.45, 7) is 6.99. The number of hydrogen-bond acceptors (Lipinski definition) is 3. The van der Waals surface area contributed by atoms with Crippen LogP contribution in [0.4, 0.5) is 4.79 Å². The Hall–Kier alpha value is -2.89. The highest BCUT2D eigenvalue weighted by atomic mass is 16.2. The smallest absolute Gasteiger partial charge is 0.325 e. The molecule has 2 heterocycles. The van der Waals surface area contributed by atoms with E-state index < -0.39 is 17.5 Å². The lowest BCUT2D eigenvalue weighted by Crippen LogP contribution is -2.41. The maximum Gasteiger partial charge on any atom is 0.325 e. The van der Waals surface area contributed by atoms with Crippen molar-refractivity contribution < 1.29 is 14.4 Å². The number of aromatic amines is 1. The molecule has 2 aromatic rings. The Morgan fingerprint density at radius 1 is 1.12 bits per heavy atom. The van der Waals surface area contributed by atoms with Crippen molar-refractivity contribution in [2.45, 2.75) is 33.2 Å². The predicted molar refractivity (Wildman–Crippen MR) is 93.4 cm³/mol. The second-order valence-corrected chi connectivity index (χ2v) is 6.73. The number of Topliss-reactive ketones (excluding diaryl/α,β-unsaturated/α-hetero) is 1. The van der Waals surface area contributed by atoms with Gasteiger partial charge >= 0.3 is 6.03 Å². The summed E-state index contributed by atoms with van der Waals surface area (Å²) < 4.78 is 0. The van der Waals surface area contributed by atoms with Gasteiger partial charge in [0.1, 0.15) is 5.54 Å². The number of carbonyl (C=O) groups excluding carboxylic acids is 3. The first-order valence-corrected chi connectivity index (χ1v) is 8.13. The van der Waals surface area contributed by atoms with E-state index in [9.17, 15) is 14.4 Å². The van der Waals surface area contributed by atoms with Gasteiger partial charge in [-0.1, -0.05) is 29.8 Å². The van der Waals surface area contributed by atoms with E-state index in [1.165, 1.54) is 0 Å². The molecule has 0 aliphatic carbocycles. The van der Waals surface area contributed by atoms with E-state index in [2.05, 4.69) is 10.3 Å². The molecule has 1 aliphatic heterocycles. The summed E-state index contributed by atoms with van der Waals surface area (Å²) in [6.07, 6.45) is 0. The van der Waals surface area contributed by atoms with Crippen LogP contribution in [0, 0.1) is 20.8 Å². The number of H-pyrrole nitrogens is 1. The zero-order chi connectivity index (χ0) is 18.4. The zero-order valence-corrected chi connectivity index (χ0v) is 14.8. The monoisotopic (exact) mass is 339 g/mol. The summed E-state index contributed by atoms with van der Waals surface area (Å²) in [5.41, 5.74) is 2.70. The third-order valence-electron chi connectivity index (χ3n) is 4.66. The van der Waals surface area contributed by atoms with Crippen LogP contribution in [0.3, 0.4) is 0 Å². The number of aromatic nitrogens is 1.